The first-order chi connectivity index (χ1) is 9.70. The van der Waals surface area contributed by atoms with Crippen LogP contribution >= 0.6 is 0 Å². The van der Waals surface area contributed by atoms with Crippen LogP contribution in [-0.4, -0.2) is 0 Å². The number of rotatable bonds is 5. The Labute approximate surface area is 121 Å². The molecule has 0 saturated carbocycles. The van der Waals surface area contributed by atoms with Crippen molar-refractivity contribution in [2.75, 3.05) is 0 Å². The molecule has 20 heavy (non-hydrogen) atoms. The molecule has 0 bridgehead atoms. The molecular weight excluding hydrogens is 244 g/mol. The van der Waals surface area contributed by atoms with E-state index in [-0.39, 0.29) is 0 Å². The molecule has 0 spiro atoms. The summed E-state index contributed by atoms with van der Waals surface area (Å²) in [5.41, 5.74) is 3.71. The third kappa shape index (κ3) is 3.65. The number of hydrogen-bond donors (Lipinski definition) is 0. The van der Waals surface area contributed by atoms with Gasteiger partial charge in [0, 0.05) is 6.42 Å². The summed E-state index contributed by atoms with van der Waals surface area (Å²) in [4.78, 5) is 0. The zero-order chi connectivity index (χ0) is 14.4. The first kappa shape index (κ1) is 14.2. The summed E-state index contributed by atoms with van der Waals surface area (Å²) >= 11 is 0. The molecule has 2 rings (SSSR count). The first-order valence-electron chi connectivity index (χ1n) is 6.91. The summed E-state index contributed by atoms with van der Waals surface area (Å²) in [5.74, 6) is 4.02. The molecule has 2 aromatic rings. The minimum Gasteiger partial charge on any atom is -0.489 e. The van der Waals surface area contributed by atoms with Gasteiger partial charge in [0.2, 0.25) is 0 Å². The lowest BCUT2D eigenvalue weighted by atomic mass is 9.94. The fourth-order valence-electron chi connectivity index (χ4n) is 2.32. The van der Waals surface area contributed by atoms with E-state index in [1.807, 2.05) is 24.3 Å². The Morgan fingerprint density at radius 1 is 1.15 bits per heavy atom. The van der Waals surface area contributed by atoms with Crippen molar-refractivity contribution in [3.8, 4) is 18.1 Å². The maximum atomic E-state index is 5.83. The van der Waals surface area contributed by atoms with Crippen molar-refractivity contribution in [2.24, 2.45) is 0 Å². The van der Waals surface area contributed by atoms with Gasteiger partial charge in [-0.15, -0.1) is 12.3 Å². The molecule has 0 aliphatic carbocycles. The molecule has 0 aliphatic heterocycles. The van der Waals surface area contributed by atoms with Gasteiger partial charge in [0.1, 0.15) is 12.4 Å². The Morgan fingerprint density at radius 3 is 2.55 bits per heavy atom. The number of terminal acetylenes is 1. The summed E-state index contributed by atoms with van der Waals surface area (Å²) in [6.45, 7) is 4.87. The highest BCUT2D eigenvalue weighted by atomic mass is 16.5. The third-order valence-corrected chi connectivity index (χ3v) is 3.44. The Bertz CT molecular complexity index is 593. The summed E-state index contributed by atoms with van der Waals surface area (Å²) in [7, 11) is 0. The normalized spacial score (nSPS) is 11.7. The van der Waals surface area contributed by atoms with Crippen molar-refractivity contribution in [1.82, 2.24) is 0 Å². The molecule has 0 aliphatic rings. The van der Waals surface area contributed by atoms with Crippen LogP contribution in [0.2, 0.25) is 0 Å². The molecule has 0 radical (unpaired) electrons. The van der Waals surface area contributed by atoms with E-state index in [2.05, 4.69) is 44.0 Å². The van der Waals surface area contributed by atoms with Crippen LogP contribution in [0.4, 0.5) is 0 Å². The molecule has 0 aromatic heterocycles. The van der Waals surface area contributed by atoms with Crippen molar-refractivity contribution in [2.45, 2.75) is 32.8 Å². The van der Waals surface area contributed by atoms with E-state index in [1.54, 1.807) is 0 Å². The fraction of sp³-hybridized carbons (Fsp3) is 0.263. The summed E-state index contributed by atoms with van der Waals surface area (Å²) in [6, 6.07) is 16.4. The quantitative estimate of drug-likeness (QED) is 0.711. The average molecular weight is 264 g/mol. The molecule has 102 valence electrons. The summed E-state index contributed by atoms with van der Waals surface area (Å²) < 4.78 is 5.83. The van der Waals surface area contributed by atoms with Gasteiger partial charge >= 0.3 is 0 Å². The van der Waals surface area contributed by atoms with Crippen LogP contribution < -0.4 is 4.74 Å². The second-order valence-electron chi connectivity index (χ2n) is 5.10. The van der Waals surface area contributed by atoms with Crippen LogP contribution in [-0.2, 0) is 6.61 Å². The van der Waals surface area contributed by atoms with Gasteiger partial charge in [-0.1, -0.05) is 43.3 Å². The van der Waals surface area contributed by atoms with Gasteiger partial charge < -0.3 is 4.74 Å². The van der Waals surface area contributed by atoms with E-state index in [0.717, 1.165) is 12.2 Å². The van der Waals surface area contributed by atoms with Crippen molar-refractivity contribution < 1.29 is 4.74 Å². The lowest BCUT2D eigenvalue weighted by Gasteiger charge is -2.14. The number of ether oxygens (including phenoxy) is 1. The van der Waals surface area contributed by atoms with Gasteiger partial charge in [0.25, 0.3) is 0 Å². The second-order valence-corrected chi connectivity index (χ2v) is 5.10. The molecule has 0 heterocycles. The molecule has 1 unspecified atom stereocenters. The molecule has 1 nitrogen and oxygen atoms in total. The van der Waals surface area contributed by atoms with Crippen LogP contribution in [0.25, 0.3) is 0 Å². The van der Waals surface area contributed by atoms with E-state index in [9.17, 15) is 0 Å². The Balaban J connectivity index is 2.04. The third-order valence-electron chi connectivity index (χ3n) is 3.44. The van der Waals surface area contributed by atoms with Crippen molar-refractivity contribution in [1.29, 1.82) is 0 Å². The van der Waals surface area contributed by atoms with Gasteiger partial charge in [-0.05, 0) is 41.7 Å². The lowest BCUT2D eigenvalue weighted by molar-refractivity contribution is 0.306. The predicted octanol–water partition coefficient (Wildman–Crippen LogP) is 4.70. The zero-order valence-electron chi connectivity index (χ0n) is 12.1. The van der Waals surface area contributed by atoms with E-state index in [4.69, 9.17) is 11.2 Å². The van der Waals surface area contributed by atoms with E-state index in [0.29, 0.717) is 12.5 Å². The zero-order valence-corrected chi connectivity index (χ0v) is 12.1. The highest BCUT2D eigenvalue weighted by molar-refractivity contribution is 5.37. The van der Waals surface area contributed by atoms with Crippen LogP contribution in [0.15, 0.2) is 48.5 Å². The molecule has 1 heteroatoms. The topological polar surface area (TPSA) is 9.23 Å². The molecule has 0 N–H and O–H groups in total. The highest BCUT2D eigenvalue weighted by Gasteiger charge is 2.08. The molecule has 2 aromatic carbocycles. The monoisotopic (exact) mass is 264 g/mol. The van der Waals surface area contributed by atoms with Crippen molar-refractivity contribution in [3.05, 3.63) is 65.2 Å². The van der Waals surface area contributed by atoms with Crippen LogP contribution in [0.1, 0.15) is 36.0 Å². The SMILES string of the molecule is C#CCC(C)c1ccc(OCc2ccccc2)cc1C. The number of benzene rings is 2. The largest absolute Gasteiger partial charge is 0.489 e. The smallest absolute Gasteiger partial charge is 0.120 e. The standard InChI is InChI=1S/C19H20O/c1-4-8-15(2)19-12-11-18(13-16(19)3)20-14-17-9-6-5-7-10-17/h1,5-7,9-13,15H,8,14H2,2-3H3. The molecule has 0 saturated heterocycles. The predicted molar refractivity (Wildman–Crippen MR) is 83.8 cm³/mol. The number of aryl methyl sites for hydroxylation is 1. The maximum Gasteiger partial charge on any atom is 0.120 e. The van der Waals surface area contributed by atoms with Gasteiger partial charge in [-0.25, -0.2) is 0 Å². The maximum absolute atomic E-state index is 5.83. The van der Waals surface area contributed by atoms with E-state index >= 15 is 0 Å². The first-order valence-corrected chi connectivity index (χ1v) is 6.91. The average Bonchev–Trinajstić information content (AvgIpc) is 2.46. The number of hydrogen-bond acceptors (Lipinski definition) is 1. The Morgan fingerprint density at radius 2 is 1.90 bits per heavy atom. The minimum absolute atomic E-state index is 0.392. The summed E-state index contributed by atoms with van der Waals surface area (Å²) in [6.07, 6.45) is 6.15. The highest BCUT2D eigenvalue weighted by Crippen LogP contribution is 2.26. The minimum atomic E-state index is 0.392. The van der Waals surface area contributed by atoms with Crippen LogP contribution in [0.3, 0.4) is 0 Å². The molecule has 0 amide bonds. The van der Waals surface area contributed by atoms with Gasteiger partial charge in [-0.2, -0.15) is 0 Å². The van der Waals surface area contributed by atoms with E-state index < -0.39 is 0 Å². The fourth-order valence-corrected chi connectivity index (χ4v) is 2.32. The van der Waals surface area contributed by atoms with Crippen LogP contribution in [0.5, 0.6) is 5.75 Å². The van der Waals surface area contributed by atoms with Gasteiger partial charge in [0.05, 0.1) is 0 Å². The van der Waals surface area contributed by atoms with Crippen molar-refractivity contribution in [3.63, 3.8) is 0 Å². The summed E-state index contributed by atoms with van der Waals surface area (Å²) in [5, 5.41) is 0. The molecule has 0 fully saturated rings. The second kappa shape index (κ2) is 6.82. The molecule has 1 atom stereocenters. The van der Waals surface area contributed by atoms with Crippen LogP contribution in [0, 0.1) is 19.3 Å². The van der Waals surface area contributed by atoms with Crippen molar-refractivity contribution >= 4 is 0 Å². The Kier molecular flexibility index (Phi) is 4.85. The van der Waals surface area contributed by atoms with Gasteiger partial charge in [0.15, 0.2) is 0 Å². The lowest BCUT2D eigenvalue weighted by Crippen LogP contribution is -1.99. The van der Waals surface area contributed by atoms with Gasteiger partial charge in [-0.3, -0.25) is 0 Å². The van der Waals surface area contributed by atoms with E-state index in [1.165, 1.54) is 16.7 Å². The molecular formula is C19H20O. The Hall–Kier alpha value is -2.20.